The molecule has 1 aromatic carbocycles. The number of nitrogens with zero attached hydrogens (tertiary/aromatic N) is 2. The van der Waals surface area contributed by atoms with Crippen LogP contribution in [0.4, 0.5) is 4.79 Å². The number of ether oxygens (including phenoxy) is 1. The lowest BCUT2D eigenvalue weighted by Crippen LogP contribution is -2.50. The maximum absolute atomic E-state index is 12.0. The Morgan fingerprint density at radius 1 is 1.23 bits per heavy atom. The molecule has 1 aliphatic rings. The lowest BCUT2D eigenvalue weighted by atomic mass is 10.1. The van der Waals surface area contributed by atoms with Crippen molar-refractivity contribution in [1.82, 2.24) is 9.80 Å². The SMILES string of the molecule is CC(C)(C)OC(=O)N1CCN(CCc2cccc(Cl)c2)CC1. The van der Waals surface area contributed by atoms with E-state index in [1.807, 2.05) is 39.0 Å². The third kappa shape index (κ3) is 5.50. The second-order valence-corrected chi connectivity index (χ2v) is 7.13. The van der Waals surface area contributed by atoms with Gasteiger partial charge in [0.05, 0.1) is 0 Å². The lowest BCUT2D eigenvalue weighted by molar-refractivity contribution is 0.0146. The Balaban J connectivity index is 1.74. The van der Waals surface area contributed by atoms with Crippen molar-refractivity contribution >= 4 is 17.7 Å². The van der Waals surface area contributed by atoms with E-state index in [1.54, 1.807) is 4.90 Å². The van der Waals surface area contributed by atoms with E-state index < -0.39 is 5.60 Å². The molecule has 1 aliphatic heterocycles. The maximum atomic E-state index is 12.0. The molecular formula is C17H25ClN2O2. The largest absolute Gasteiger partial charge is 0.444 e. The van der Waals surface area contributed by atoms with Gasteiger partial charge in [-0.2, -0.15) is 0 Å². The van der Waals surface area contributed by atoms with Crippen LogP contribution in [0.5, 0.6) is 0 Å². The van der Waals surface area contributed by atoms with Gasteiger partial charge in [0, 0.05) is 37.7 Å². The zero-order valence-corrected chi connectivity index (χ0v) is 14.4. The Kier molecular flexibility index (Phi) is 5.70. The summed E-state index contributed by atoms with van der Waals surface area (Å²) in [7, 11) is 0. The molecule has 4 nitrogen and oxygen atoms in total. The molecule has 0 unspecified atom stereocenters. The average Bonchev–Trinajstić information content (AvgIpc) is 2.44. The number of hydrogen-bond donors (Lipinski definition) is 0. The number of halogens is 1. The van der Waals surface area contributed by atoms with Gasteiger partial charge >= 0.3 is 6.09 Å². The van der Waals surface area contributed by atoms with Crippen LogP contribution in [0.1, 0.15) is 26.3 Å². The van der Waals surface area contributed by atoms with E-state index in [4.69, 9.17) is 16.3 Å². The van der Waals surface area contributed by atoms with Gasteiger partial charge in [0.2, 0.25) is 0 Å². The molecule has 0 bridgehead atoms. The van der Waals surface area contributed by atoms with Gasteiger partial charge < -0.3 is 9.64 Å². The van der Waals surface area contributed by atoms with Gasteiger partial charge in [-0.25, -0.2) is 4.79 Å². The van der Waals surface area contributed by atoms with Crippen molar-refractivity contribution in [3.05, 3.63) is 34.9 Å². The molecule has 0 saturated carbocycles. The van der Waals surface area contributed by atoms with Crippen LogP contribution in [0, 0.1) is 0 Å². The fourth-order valence-electron chi connectivity index (χ4n) is 2.46. The normalized spacial score (nSPS) is 16.6. The number of carbonyl (C=O) groups excluding carboxylic acids is 1. The van der Waals surface area contributed by atoms with Crippen LogP contribution in [0.2, 0.25) is 5.02 Å². The van der Waals surface area contributed by atoms with Gasteiger partial charge in [-0.05, 0) is 44.9 Å². The van der Waals surface area contributed by atoms with Crippen molar-refractivity contribution in [3.63, 3.8) is 0 Å². The zero-order valence-electron chi connectivity index (χ0n) is 13.6. The summed E-state index contributed by atoms with van der Waals surface area (Å²) in [5, 5.41) is 0.784. The van der Waals surface area contributed by atoms with Crippen LogP contribution >= 0.6 is 11.6 Å². The summed E-state index contributed by atoms with van der Waals surface area (Å²) in [5.41, 5.74) is 0.822. The first-order chi connectivity index (χ1) is 10.3. The Bertz CT molecular complexity index is 506. The fraction of sp³-hybridized carbons (Fsp3) is 0.588. The molecule has 1 aromatic rings. The predicted octanol–water partition coefficient (Wildman–Crippen LogP) is 3.44. The summed E-state index contributed by atoms with van der Waals surface area (Å²) in [5.74, 6) is 0. The minimum atomic E-state index is -0.430. The number of carbonyl (C=O) groups is 1. The second kappa shape index (κ2) is 7.34. The van der Waals surface area contributed by atoms with Crippen LogP contribution < -0.4 is 0 Å². The minimum Gasteiger partial charge on any atom is -0.444 e. The monoisotopic (exact) mass is 324 g/mol. The van der Waals surface area contributed by atoms with Crippen LogP contribution in [-0.2, 0) is 11.2 Å². The molecule has 1 fully saturated rings. The van der Waals surface area contributed by atoms with Gasteiger partial charge in [0.25, 0.3) is 0 Å². The molecule has 0 spiro atoms. The molecular weight excluding hydrogens is 300 g/mol. The van der Waals surface area contributed by atoms with E-state index in [0.717, 1.165) is 44.2 Å². The fourth-order valence-corrected chi connectivity index (χ4v) is 2.67. The molecule has 0 aromatic heterocycles. The highest BCUT2D eigenvalue weighted by atomic mass is 35.5. The first-order valence-electron chi connectivity index (χ1n) is 7.78. The third-order valence-electron chi connectivity index (χ3n) is 3.63. The highest BCUT2D eigenvalue weighted by Crippen LogP contribution is 2.14. The predicted molar refractivity (Wildman–Crippen MR) is 89.4 cm³/mol. The standard InChI is InChI=1S/C17H25ClN2O2/c1-17(2,3)22-16(21)20-11-9-19(10-12-20)8-7-14-5-4-6-15(18)13-14/h4-6,13H,7-12H2,1-3H3. The van der Waals surface area contributed by atoms with Gasteiger partial charge in [-0.15, -0.1) is 0 Å². The third-order valence-corrected chi connectivity index (χ3v) is 3.86. The van der Waals surface area contributed by atoms with E-state index in [0.29, 0.717) is 0 Å². The summed E-state index contributed by atoms with van der Waals surface area (Å²) < 4.78 is 5.41. The molecule has 1 saturated heterocycles. The van der Waals surface area contributed by atoms with Crippen LogP contribution in [-0.4, -0.2) is 54.2 Å². The van der Waals surface area contributed by atoms with Crippen LogP contribution in [0.15, 0.2) is 24.3 Å². The summed E-state index contributed by atoms with van der Waals surface area (Å²) in [6, 6.07) is 7.99. The first kappa shape index (κ1) is 17.1. The van der Waals surface area contributed by atoms with E-state index in [9.17, 15) is 4.79 Å². The molecule has 0 N–H and O–H groups in total. The molecule has 5 heteroatoms. The Hall–Kier alpha value is -1.26. The van der Waals surface area contributed by atoms with E-state index in [-0.39, 0.29) is 6.09 Å². The van der Waals surface area contributed by atoms with Crippen LogP contribution in [0.25, 0.3) is 0 Å². The maximum Gasteiger partial charge on any atom is 0.410 e. The molecule has 0 aliphatic carbocycles. The minimum absolute atomic E-state index is 0.206. The molecule has 122 valence electrons. The van der Waals surface area contributed by atoms with Gasteiger partial charge in [0.1, 0.15) is 5.60 Å². The number of piperazine rings is 1. The summed E-state index contributed by atoms with van der Waals surface area (Å²) >= 11 is 6.00. The number of amides is 1. The number of hydrogen-bond acceptors (Lipinski definition) is 3. The molecule has 0 radical (unpaired) electrons. The molecule has 0 atom stereocenters. The molecule has 1 amide bonds. The summed E-state index contributed by atoms with van der Waals surface area (Å²) in [6.07, 6.45) is 0.773. The first-order valence-corrected chi connectivity index (χ1v) is 8.16. The van der Waals surface area contributed by atoms with E-state index in [2.05, 4.69) is 11.0 Å². The highest BCUT2D eigenvalue weighted by molar-refractivity contribution is 6.30. The van der Waals surface area contributed by atoms with E-state index in [1.165, 1.54) is 5.56 Å². The van der Waals surface area contributed by atoms with Gasteiger partial charge in [-0.3, -0.25) is 4.90 Å². The quantitative estimate of drug-likeness (QED) is 0.854. The Morgan fingerprint density at radius 2 is 1.91 bits per heavy atom. The van der Waals surface area contributed by atoms with Gasteiger partial charge in [-0.1, -0.05) is 23.7 Å². The summed E-state index contributed by atoms with van der Waals surface area (Å²) in [6.45, 7) is 9.90. The zero-order chi connectivity index (χ0) is 16.2. The number of rotatable bonds is 3. The van der Waals surface area contributed by atoms with Crippen molar-refractivity contribution in [2.24, 2.45) is 0 Å². The van der Waals surface area contributed by atoms with Crippen LogP contribution in [0.3, 0.4) is 0 Å². The smallest absolute Gasteiger partial charge is 0.410 e. The average molecular weight is 325 g/mol. The molecule has 2 rings (SSSR count). The van der Waals surface area contributed by atoms with E-state index >= 15 is 0 Å². The van der Waals surface area contributed by atoms with Crippen molar-refractivity contribution in [1.29, 1.82) is 0 Å². The summed E-state index contributed by atoms with van der Waals surface area (Å²) in [4.78, 5) is 16.2. The number of benzene rings is 1. The Morgan fingerprint density at radius 3 is 2.50 bits per heavy atom. The molecule has 1 heterocycles. The van der Waals surface area contributed by atoms with Crippen molar-refractivity contribution in [2.75, 3.05) is 32.7 Å². The highest BCUT2D eigenvalue weighted by Gasteiger charge is 2.25. The molecule has 22 heavy (non-hydrogen) atoms. The lowest BCUT2D eigenvalue weighted by Gasteiger charge is -2.35. The second-order valence-electron chi connectivity index (χ2n) is 6.69. The van der Waals surface area contributed by atoms with Crippen molar-refractivity contribution < 1.29 is 9.53 Å². The Labute approximate surface area is 138 Å². The van der Waals surface area contributed by atoms with Crippen molar-refractivity contribution in [3.8, 4) is 0 Å². The van der Waals surface area contributed by atoms with Crippen molar-refractivity contribution in [2.45, 2.75) is 32.8 Å². The topological polar surface area (TPSA) is 32.8 Å². The van der Waals surface area contributed by atoms with Gasteiger partial charge in [0.15, 0.2) is 0 Å².